The largest absolute Gasteiger partial charge is 0.335 e. The van der Waals surface area contributed by atoms with E-state index in [1.165, 1.54) is 36.6 Å². The molecule has 2 unspecified atom stereocenters. The van der Waals surface area contributed by atoms with Crippen LogP contribution in [0, 0.1) is 6.92 Å². The zero-order valence-corrected chi connectivity index (χ0v) is 8.88. The Balaban J connectivity index is 2.11. The summed E-state index contributed by atoms with van der Waals surface area (Å²) in [7, 11) is 2.16. The predicted molar refractivity (Wildman–Crippen MR) is 55.4 cm³/mol. The quantitative estimate of drug-likeness (QED) is 0.666. The molecule has 1 aromatic heterocycles. The summed E-state index contributed by atoms with van der Waals surface area (Å²) < 4.78 is 2.29. The number of fused-ring (bicyclic) bond motifs is 4. The van der Waals surface area contributed by atoms with E-state index in [1.807, 2.05) is 0 Å². The van der Waals surface area contributed by atoms with Crippen molar-refractivity contribution in [3.63, 3.8) is 0 Å². The van der Waals surface area contributed by atoms with Gasteiger partial charge in [0.15, 0.2) is 0 Å². The minimum absolute atomic E-state index is 0.690. The molecule has 1 N–H and O–H groups in total. The van der Waals surface area contributed by atoms with Gasteiger partial charge in [0.2, 0.25) is 0 Å². The highest BCUT2D eigenvalue weighted by atomic mass is 15.1. The van der Waals surface area contributed by atoms with Crippen LogP contribution in [-0.4, -0.2) is 22.1 Å². The second-order valence-electron chi connectivity index (χ2n) is 4.63. The van der Waals surface area contributed by atoms with Crippen LogP contribution in [0.15, 0.2) is 0 Å². The Labute approximate surface area is 84.5 Å². The van der Waals surface area contributed by atoms with Crippen LogP contribution in [0.25, 0.3) is 0 Å². The molecule has 1 saturated heterocycles. The second-order valence-corrected chi connectivity index (χ2v) is 4.63. The van der Waals surface area contributed by atoms with Gasteiger partial charge in [0.1, 0.15) is 5.82 Å². The lowest BCUT2D eigenvalue weighted by atomic mass is 9.81. The van der Waals surface area contributed by atoms with Crippen molar-refractivity contribution >= 4 is 0 Å². The Kier molecular flexibility index (Phi) is 1.71. The summed E-state index contributed by atoms with van der Waals surface area (Å²) in [5, 5.41) is 3.57. The number of hydrogen-bond acceptors (Lipinski definition) is 2. The van der Waals surface area contributed by atoms with Gasteiger partial charge in [0, 0.05) is 31.1 Å². The number of nitrogens with one attached hydrogen (secondary N) is 1. The van der Waals surface area contributed by atoms with E-state index in [2.05, 4.69) is 28.8 Å². The summed E-state index contributed by atoms with van der Waals surface area (Å²) >= 11 is 0. The van der Waals surface area contributed by atoms with Crippen molar-refractivity contribution in [1.29, 1.82) is 0 Å². The van der Waals surface area contributed by atoms with Crippen LogP contribution in [0.2, 0.25) is 0 Å². The summed E-state index contributed by atoms with van der Waals surface area (Å²) in [6, 6.07) is 0.690. The Morgan fingerprint density at radius 1 is 1.50 bits per heavy atom. The maximum atomic E-state index is 4.66. The molecular weight excluding hydrogens is 174 g/mol. The molecule has 3 rings (SSSR count). The first-order valence-electron chi connectivity index (χ1n) is 5.51. The first-order valence-corrected chi connectivity index (χ1v) is 5.51. The van der Waals surface area contributed by atoms with Gasteiger partial charge in [0.25, 0.3) is 0 Å². The van der Waals surface area contributed by atoms with Crippen LogP contribution in [0.5, 0.6) is 0 Å². The molecule has 1 aliphatic heterocycles. The maximum absolute atomic E-state index is 4.66. The standard InChI is InChI=1S/C11H17N3/c1-7-13-10-6-9-5-8(3-4-12-9)11(10)14(7)2/h8-9,12H,3-6H2,1-2H3. The summed E-state index contributed by atoms with van der Waals surface area (Å²) in [5.41, 5.74) is 2.86. The lowest BCUT2D eigenvalue weighted by Crippen LogP contribution is -2.42. The Morgan fingerprint density at radius 2 is 2.36 bits per heavy atom. The highest BCUT2D eigenvalue weighted by Gasteiger charge is 2.33. The normalized spacial score (nSPS) is 30.1. The van der Waals surface area contributed by atoms with E-state index >= 15 is 0 Å². The molecule has 1 fully saturated rings. The molecule has 3 nitrogen and oxygen atoms in total. The van der Waals surface area contributed by atoms with Crippen LogP contribution in [0.3, 0.4) is 0 Å². The number of aromatic nitrogens is 2. The van der Waals surface area contributed by atoms with E-state index < -0.39 is 0 Å². The van der Waals surface area contributed by atoms with Crippen molar-refractivity contribution in [3.05, 3.63) is 17.2 Å². The first kappa shape index (κ1) is 8.48. The second kappa shape index (κ2) is 2.83. The third-order valence-corrected chi connectivity index (χ3v) is 3.76. The molecule has 0 spiro atoms. The molecule has 0 amide bonds. The fraction of sp³-hybridized carbons (Fsp3) is 0.727. The third kappa shape index (κ3) is 1.05. The fourth-order valence-electron chi connectivity index (χ4n) is 3.00. The number of imidazole rings is 1. The van der Waals surface area contributed by atoms with E-state index in [9.17, 15) is 0 Å². The monoisotopic (exact) mass is 191 g/mol. The van der Waals surface area contributed by atoms with E-state index in [0.717, 1.165) is 12.3 Å². The zero-order valence-electron chi connectivity index (χ0n) is 8.88. The van der Waals surface area contributed by atoms with Crippen LogP contribution in [-0.2, 0) is 13.5 Å². The molecule has 1 aromatic rings. The Bertz CT molecular complexity index is 367. The molecule has 1 aliphatic carbocycles. The summed E-state index contributed by atoms with van der Waals surface area (Å²) in [5.74, 6) is 1.93. The summed E-state index contributed by atoms with van der Waals surface area (Å²) in [6.45, 7) is 3.29. The molecule has 2 aliphatic rings. The predicted octanol–water partition coefficient (Wildman–Crippen LogP) is 1.12. The highest BCUT2D eigenvalue weighted by Crippen LogP contribution is 2.36. The molecule has 0 aromatic carbocycles. The van der Waals surface area contributed by atoms with Crippen LogP contribution >= 0.6 is 0 Å². The van der Waals surface area contributed by atoms with Gasteiger partial charge in [-0.15, -0.1) is 0 Å². The number of rotatable bonds is 0. The van der Waals surface area contributed by atoms with E-state index in [-0.39, 0.29) is 0 Å². The van der Waals surface area contributed by atoms with Gasteiger partial charge in [0.05, 0.1) is 5.69 Å². The minimum Gasteiger partial charge on any atom is -0.335 e. The summed E-state index contributed by atoms with van der Waals surface area (Å²) in [6.07, 6.45) is 3.72. The molecule has 0 radical (unpaired) electrons. The van der Waals surface area contributed by atoms with E-state index in [4.69, 9.17) is 0 Å². The van der Waals surface area contributed by atoms with Gasteiger partial charge in [-0.1, -0.05) is 0 Å². The number of piperidine rings is 1. The minimum atomic E-state index is 0.690. The van der Waals surface area contributed by atoms with Gasteiger partial charge in [-0.3, -0.25) is 0 Å². The lowest BCUT2D eigenvalue weighted by Gasteiger charge is -2.35. The van der Waals surface area contributed by atoms with Crippen LogP contribution in [0.1, 0.15) is 36.0 Å². The number of aryl methyl sites for hydroxylation is 1. The molecule has 2 bridgehead atoms. The van der Waals surface area contributed by atoms with Crippen molar-refractivity contribution in [2.75, 3.05) is 6.54 Å². The van der Waals surface area contributed by atoms with Gasteiger partial charge in [-0.05, 0) is 26.3 Å². The molecule has 3 heteroatoms. The van der Waals surface area contributed by atoms with Crippen molar-refractivity contribution in [1.82, 2.24) is 14.9 Å². The third-order valence-electron chi connectivity index (χ3n) is 3.76. The van der Waals surface area contributed by atoms with Crippen molar-refractivity contribution < 1.29 is 0 Å². The average molecular weight is 191 g/mol. The van der Waals surface area contributed by atoms with E-state index in [1.54, 1.807) is 0 Å². The first-order chi connectivity index (χ1) is 6.75. The van der Waals surface area contributed by atoms with E-state index in [0.29, 0.717) is 6.04 Å². The van der Waals surface area contributed by atoms with Gasteiger partial charge in [-0.25, -0.2) is 4.98 Å². The maximum Gasteiger partial charge on any atom is 0.105 e. The van der Waals surface area contributed by atoms with Gasteiger partial charge >= 0.3 is 0 Å². The number of nitrogens with zero attached hydrogens (tertiary/aromatic N) is 2. The summed E-state index contributed by atoms with van der Waals surface area (Å²) in [4.78, 5) is 4.66. The average Bonchev–Trinajstić information content (AvgIpc) is 2.43. The Hall–Kier alpha value is -0.830. The van der Waals surface area contributed by atoms with Crippen molar-refractivity contribution in [2.45, 2.75) is 38.1 Å². The zero-order chi connectivity index (χ0) is 9.71. The molecule has 76 valence electrons. The topological polar surface area (TPSA) is 29.9 Å². The fourth-order valence-corrected chi connectivity index (χ4v) is 3.00. The molecule has 2 heterocycles. The smallest absolute Gasteiger partial charge is 0.105 e. The van der Waals surface area contributed by atoms with Crippen molar-refractivity contribution in [3.8, 4) is 0 Å². The van der Waals surface area contributed by atoms with Crippen LogP contribution in [0.4, 0.5) is 0 Å². The highest BCUT2D eigenvalue weighted by molar-refractivity contribution is 5.26. The van der Waals surface area contributed by atoms with Gasteiger partial charge < -0.3 is 9.88 Å². The molecule has 2 atom stereocenters. The molecular formula is C11H17N3. The Morgan fingerprint density at radius 3 is 3.21 bits per heavy atom. The van der Waals surface area contributed by atoms with Gasteiger partial charge in [-0.2, -0.15) is 0 Å². The van der Waals surface area contributed by atoms with Crippen molar-refractivity contribution in [2.24, 2.45) is 7.05 Å². The molecule has 0 saturated carbocycles. The SMILES string of the molecule is Cc1nc2c(n1C)C1CCNC(C2)C1. The number of hydrogen-bond donors (Lipinski definition) is 1. The molecule has 14 heavy (non-hydrogen) atoms. The lowest BCUT2D eigenvalue weighted by molar-refractivity contribution is 0.328. The van der Waals surface area contributed by atoms with Crippen LogP contribution < -0.4 is 5.32 Å².